The Labute approximate surface area is 324 Å². The molecule has 2 nitrogen and oxygen atoms in total. The molecule has 1 aliphatic heterocycles. The first kappa shape index (κ1) is 41.0. The summed E-state index contributed by atoms with van der Waals surface area (Å²) in [7, 11) is 8.96. The van der Waals surface area contributed by atoms with Gasteiger partial charge in [-0.3, -0.25) is 0 Å². The van der Waals surface area contributed by atoms with Crippen molar-refractivity contribution in [2.45, 2.75) is 79.1 Å². The van der Waals surface area contributed by atoms with Crippen molar-refractivity contribution in [3.63, 3.8) is 0 Å². The molecule has 0 aromatic heterocycles. The van der Waals surface area contributed by atoms with Crippen LogP contribution in [-0.2, 0) is 12.7 Å². The van der Waals surface area contributed by atoms with Gasteiger partial charge in [0.05, 0.1) is 0 Å². The van der Waals surface area contributed by atoms with Crippen LogP contribution in [0.1, 0.15) is 101 Å². The van der Waals surface area contributed by atoms with Crippen molar-refractivity contribution in [2.75, 3.05) is 22.9 Å². The van der Waals surface area contributed by atoms with E-state index in [-0.39, 0.29) is 0 Å². The molecule has 0 spiro atoms. The molecule has 6 rings (SSSR count). The molecule has 1 saturated heterocycles. The van der Waals surface area contributed by atoms with E-state index in [0.717, 1.165) is 13.1 Å². The average Bonchev–Trinajstić information content (AvgIpc) is 3.63. The third-order valence-corrected chi connectivity index (χ3v) is 11.5. The van der Waals surface area contributed by atoms with Crippen molar-refractivity contribution >= 4 is 55.6 Å². The normalized spacial score (nSPS) is 12.8. The van der Waals surface area contributed by atoms with Gasteiger partial charge in [-0.15, -0.1) is 0 Å². The molecule has 51 heavy (non-hydrogen) atoms. The van der Waals surface area contributed by atoms with Gasteiger partial charge in [-0.25, -0.2) is 0 Å². The van der Waals surface area contributed by atoms with E-state index < -0.39 is 7.92 Å². The van der Waals surface area contributed by atoms with Gasteiger partial charge in [-0.05, 0) is 69.8 Å². The summed E-state index contributed by atoms with van der Waals surface area (Å²) in [5.41, 5.74) is 8.43. The minimum Gasteiger partial charge on any atom is -0.0622 e. The zero-order valence-electron chi connectivity index (χ0n) is 31.3. The molecule has 1 aliphatic rings. The molecule has 1 fully saturated rings. The van der Waals surface area contributed by atoms with Crippen molar-refractivity contribution in [1.29, 1.82) is 0 Å². The van der Waals surface area contributed by atoms with Gasteiger partial charge < -0.3 is 9.80 Å². The Morgan fingerprint density at radius 2 is 0.706 bits per heavy atom. The van der Waals surface area contributed by atoms with Gasteiger partial charge in [0.25, 0.3) is 0 Å². The summed E-state index contributed by atoms with van der Waals surface area (Å²) < 4.78 is 0. The number of nitrogens with zero attached hydrogens (tertiary/aromatic N) is 2. The van der Waals surface area contributed by atoms with Crippen LogP contribution in [0.15, 0.2) is 127 Å². The summed E-state index contributed by atoms with van der Waals surface area (Å²) >= 11 is 0.569. The maximum atomic E-state index is 4.70. The molecule has 6 heteroatoms. The fraction of sp³-hybridized carbons (Fsp3) is 0.311. The van der Waals surface area contributed by atoms with E-state index in [4.69, 9.17) is 20.4 Å². The summed E-state index contributed by atoms with van der Waals surface area (Å²) in [6.45, 7) is 24.1. The molecule has 0 unspecified atom stereocenters. The second-order valence-corrected chi connectivity index (χ2v) is 17.8. The molecule has 5 aromatic carbocycles. The smallest absolute Gasteiger partial charge is 0.0134 e. The molecule has 2 radical (unpaired) electrons. The van der Waals surface area contributed by atoms with Crippen LogP contribution in [0.25, 0.3) is 0 Å². The van der Waals surface area contributed by atoms with Crippen LogP contribution in [0.5, 0.6) is 0 Å². The molecule has 1 heterocycles. The maximum absolute atomic E-state index is 4.70. The van der Waals surface area contributed by atoms with Crippen LogP contribution in [0, 0.1) is 6.67 Å². The van der Waals surface area contributed by atoms with Crippen molar-refractivity contribution < 1.29 is 12.7 Å². The van der Waals surface area contributed by atoms with Crippen LogP contribution in [0.4, 0.5) is 11.4 Å². The first-order valence-corrected chi connectivity index (χ1v) is 22.0. The van der Waals surface area contributed by atoms with E-state index in [1.54, 1.807) is 0 Å². The number of para-hydroxylation sites is 2. The van der Waals surface area contributed by atoms with E-state index >= 15 is 0 Å². The first-order chi connectivity index (χ1) is 24.6. The minimum atomic E-state index is -0.446. The minimum absolute atomic E-state index is 0.446. The van der Waals surface area contributed by atoms with E-state index in [1.807, 2.05) is 0 Å². The Hall–Kier alpha value is -2.80. The van der Waals surface area contributed by atoms with E-state index in [0.29, 0.717) is 36.3 Å². The predicted molar refractivity (Wildman–Crippen MR) is 224 cm³/mol. The summed E-state index contributed by atoms with van der Waals surface area (Å²) in [6, 6.07) is 45.9. The zero-order valence-corrected chi connectivity index (χ0v) is 34.7. The number of benzene rings is 5. The quantitative estimate of drug-likeness (QED) is 0.109. The topological polar surface area (TPSA) is 6.48 Å². The number of hydrogen-bond donors (Lipinski definition) is 0. The Morgan fingerprint density at radius 1 is 0.451 bits per heavy atom. The first-order valence-electron chi connectivity index (χ1n) is 17.9. The Bertz CT molecular complexity index is 1530. The van der Waals surface area contributed by atoms with Gasteiger partial charge in [0.1, 0.15) is 0 Å². The Balaban J connectivity index is 0.000000228. The van der Waals surface area contributed by atoms with Gasteiger partial charge in [0, 0.05) is 24.5 Å². The summed E-state index contributed by atoms with van der Waals surface area (Å²) in [5.74, 6) is 1.98. The number of hydrogen-bond acceptors (Lipinski definition) is 2. The number of anilines is 2. The van der Waals surface area contributed by atoms with Crippen LogP contribution in [0.3, 0.4) is 0 Å². The molecular formula is C45H53Cl2N2NiP. The second-order valence-electron chi connectivity index (χ2n) is 14.0. The Morgan fingerprint density at radius 3 is 0.941 bits per heavy atom. The zero-order chi connectivity index (χ0) is 36.9. The van der Waals surface area contributed by atoms with Gasteiger partial charge in [0.15, 0.2) is 0 Å². The van der Waals surface area contributed by atoms with Crippen molar-refractivity contribution in [2.24, 2.45) is 0 Å². The van der Waals surface area contributed by atoms with Crippen LogP contribution in [-0.4, -0.2) is 13.1 Å². The number of halogens is 2. The van der Waals surface area contributed by atoms with Gasteiger partial charge in [-0.2, -0.15) is 0 Å². The van der Waals surface area contributed by atoms with Crippen molar-refractivity contribution in [3.05, 3.63) is 156 Å². The largest absolute Gasteiger partial charge is 0.0622 e. The van der Waals surface area contributed by atoms with Crippen molar-refractivity contribution in [1.82, 2.24) is 0 Å². The number of rotatable bonds is 9. The molecule has 0 saturated carbocycles. The van der Waals surface area contributed by atoms with Gasteiger partial charge in [0.2, 0.25) is 6.67 Å². The van der Waals surface area contributed by atoms with Gasteiger partial charge >= 0.3 is 33.0 Å². The maximum Gasteiger partial charge on any atom is -0.0134 e. The second kappa shape index (κ2) is 20.4. The van der Waals surface area contributed by atoms with E-state index in [2.05, 4.69) is 199 Å². The predicted octanol–water partition coefficient (Wildman–Crippen LogP) is 12.3. The van der Waals surface area contributed by atoms with Gasteiger partial charge in [-0.1, -0.05) is 183 Å². The molecular weight excluding hydrogens is 729 g/mol. The molecule has 5 aromatic rings. The van der Waals surface area contributed by atoms with E-state index in [1.165, 1.54) is 49.5 Å². The molecule has 0 bridgehead atoms. The molecule has 0 atom stereocenters. The van der Waals surface area contributed by atoms with Crippen LogP contribution in [0.2, 0.25) is 0 Å². The van der Waals surface area contributed by atoms with Crippen LogP contribution >= 0.6 is 28.3 Å². The fourth-order valence-corrected chi connectivity index (χ4v) is 8.90. The van der Waals surface area contributed by atoms with E-state index in [9.17, 15) is 0 Å². The molecule has 0 amide bonds. The summed E-state index contributed by atoms with van der Waals surface area (Å²) in [6.07, 6.45) is 0. The molecule has 0 aliphatic carbocycles. The Kier molecular flexibility index (Phi) is 16.4. The average molecular weight is 783 g/mol. The summed E-state index contributed by atoms with van der Waals surface area (Å²) in [4.78, 5) is 4.76. The molecule has 272 valence electrons. The molecule has 0 N–H and O–H groups in total. The monoisotopic (exact) mass is 780 g/mol. The third-order valence-electron chi connectivity index (χ3n) is 9.06. The van der Waals surface area contributed by atoms with Crippen molar-refractivity contribution in [3.8, 4) is 0 Å². The SMILES string of the molecule is CC(C)c1cccc(C(C)C)c1N1[C]N(c2c(C(C)C)cccc2C(C)C)CC1.[Cl][Ni][Cl].c1ccc(P(c2ccccc2)c2ccccc2)cc1. The third kappa shape index (κ3) is 10.9. The summed E-state index contributed by atoms with van der Waals surface area (Å²) in [5, 5.41) is 4.19. The van der Waals surface area contributed by atoms with Crippen LogP contribution < -0.4 is 25.7 Å². The fourth-order valence-electron chi connectivity index (χ4n) is 6.59. The standard InChI is InChI=1S/C27H38N2.C18H15P.2ClH.Ni/c1-18(2)22-11-9-12-23(19(3)4)26(22)28-15-16-29(17-28)27-24(20(5)6)13-10-14-25(27)21(7)8;1-4-10-16(11-5-1)19(17-12-6-2-7-13-17)18-14-8-3-9-15-18;;;/h9-14,18-21H,15-16H2,1-8H3;1-15H;2*1H;/q;;;;+2/p-2.